The number of benzene rings is 1. The Hall–Kier alpha value is -1.28. The van der Waals surface area contributed by atoms with Crippen molar-refractivity contribution in [1.82, 2.24) is 0 Å². The van der Waals surface area contributed by atoms with E-state index >= 15 is 0 Å². The van der Waals surface area contributed by atoms with Crippen LogP contribution in [0, 0.1) is 13.8 Å². The Morgan fingerprint density at radius 1 is 1.31 bits per heavy atom. The monoisotopic (exact) mass is 218 g/mol. The molecule has 1 aromatic carbocycles. The highest BCUT2D eigenvalue weighted by Crippen LogP contribution is 2.29. The van der Waals surface area contributed by atoms with Gasteiger partial charge in [0.25, 0.3) is 0 Å². The Labute approximate surface area is 96.6 Å². The van der Waals surface area contributed by atoms with Crippen molar-refractivity contribution >= 4 is 0 Å². The van der Waals surface area contributed by atoms with Crippen molar-refractivity contribution in [2.24, 2.45) is 0 Å². The molecule has 0 aromatic heterocycles. The van der Waals surface area contributed by atoms with Crippen molar-refractivity contribution in [2.45, 2.75) is 32.8 Å². The number of rotatable bonds is 2. The molecule has 2 heteroatoms. The van der Waals surface area contributed by atoms with E-state index in [-0.39, 0.29) is 0 Å². The first-order valence-corrected chi connectivity index (χ1v) is 5.74. The van der Waals surface area contributed by atoms with Crippen molar-refractivity contribution in [2.75, 3.05) is 6.61 Å². The Morgan fingerprint density at radius 2 is 2.12 bits per heavy atom. The van der Waals surface area contributed by atoms with E-state index in [1.54, 1.807) is 6.26 Å². The predicted molar refractivity (Wildman–Crippen MR) is 64.1 cm³/mol. The Kier molecular flexibility index (Phi) is 3.30. The Balaban J connectivity index is 2.26. The van der Waals surface area contributed by atoms with Crippen molar-refractivity contribution < 1.29 is 9.84 Å². The summed E-state index contributed by atoms with van der Waals surface area (Å²) in [5.41, 5.74) is 4.34. The normalized spacial score (nSPS) is 17.6. The minimum absolute atomic E-state index is 0.513. The second-order valence-electron chi connectivity index (χ2n) is 4.43. The quantitative estimate of drug-likeness (QED) is 0.826. The first kappa shape index (κ1) is 11.2. The van der Waals surface area contributed by atoms with Gasteiger partial charge in [-0.3, -0.25) is 0 Å². The summed E-state index contributed by atoms with van der Waals surface area (Å²) in [6, 6.07) is 6.14. The zero-order chi connectivity index (χ0) is 11.5. The summed E-state index contributed by atoms with van der Waals surface area (Å²) in [5.74, 6) is 0. The molecule has 2 rings (SSSR count). The van der Waals surface area contributed by atoms with Gasteiger partial charge in [-0.2, -0.15) is 0 Å². The molecule has 86 valence electrons. The summed E-state index contributed by atoms with van der Waals surface area (Å²) < 4.78 is 5.27. The van der Waals surface area contributed by atoms with Crippen LogP contribution in [0.15, 0.2) is 30.0 Å². The van der Waals surface area contributed by atoms with Crippen LogP contribution in [0.5, 0.6) is 0 Å². The van der Waals surface area contributed by atoms with Gasteiger partial charge in [-0.1, -0.05) is 23.8 Å². The fourth-order valence-corrected chi connectivity index (χ4v) is 2.12. The predicted octanol–water partition coefficient (Wildman–Crippen LogP) is 3.03. The van der Waals surface area contributed by atoms with Gasteiger partial charge in [0.2, 0.25) is 0 Å². The number of hydrogen-bond acceptors (Lipinski definition) is 2. The third kappa shape index (κ3) is 2.27. The standard InChI is InChI=1S/C14H18O2/c1-10-5-6-13(11(2)8-10)14(15)12-4-3-7-16-9-12/h5-6,8-9,14-15H,3-4,7H2,1-2H3. The smallest absolute Gasteiger partial charge is 0.104 e. The molecule has 1 unspecified atom stereocenters. The van der Waals surface area contributed by atoms with Gasteiger partial charge in [0.15, 0.2) is 0 Å². The third-order valence-corrected chi connectivity index (χ3v) is 3.03. The molecular weight excluding hydrogens is 200 g/mol. The van der Waals surface area contributed by atoms with Crippen LogP contribution in [0.25, 0.3) is 0 Å². The average Bonchev–Trinajstić information content (AvgIpc) is 2.29. The lowest BCUT2D eigenvalue weighted by Gasteiger charge is -2.20. The summed E-state index contributed by atoms with van der Waals surface area (Å²) in [6.45, 7) is 4.87. The van der Waals surface area contributed by atoms with E-state index in [0.29, 0.717) is 0 Å². The molecule has 1 heterocycles. The molecule has 0 saturated heterocycles. The third-order valence-electron chi connectivity index (χ3n) is 3.03. The van der Waals surface area contributed by atoms with Crippen molar-refractivity contribution in [3.63, 3.8) is 0 Å². The van der Waals surface area contributed by atoms with Crippen molar-refractivity contribution in [3.8, 4) is 0 Å². The maximum Gasteiger partial charge on any atom is 0.104 e. The molecule has 0 bridgehead atoms. The summed E-state index contributed by atoms with van der Waals surface area (Å²) in [4.78, 5) is 0. The zero-order valence-electron chi connectivity index (χ0n) is 9.86. The maximum atomic E-state index is 10.3. The van der Waals surface area contributed by atoms with Gasteiger partial charge in [0.05, 0.1) is 12.9 Å². The summed E-state index contributed by atoms with van der Waals surface area (Å²) in [7, 11) is 0. The van der Waals surface area contributed by atoms with E-state index < -0.39 is 6.10 Å². The number of ether oxygens (including phenoxy) is 1. The van der Waals surface area contributed by atoms with Crippen LogP contribution in [0.2, 0.25) is 0 Å². The zero-order valence-corrected chi connectivity index (χ0v) is 9.86. The first-order chi connectivity index (χ1) is 7.68. The van der Waals surface area contributed by atoms with E-state index in [9.17, 15) is 5.11 Å². The lowest BCUT2D eigenvalue weighted by atomic mass is 9.94. The number of hydrogen-bond donors (Lipinski definition) is 1. The Morgan fingerprint density at radius 3 is 2.75 bits per heavy atom. The molecule has 1 aromatic rings. The summed E-state index contributed by atoms with van der Waals surface area (Å²) in [6.07, 6.45) is 3.12. The van der Waals surface area contributed by atoms with Crippen LogP contribution in [-0.4, -0.2) is 11.7 Å². The van der Waals surface area contributed by atoms with Crippen LogP contribution in [0.4, 0.5) is 0 Å². The van der Waals surface area contributed by atoms with Gasteiger partial charge < -0.3 is 9.84 Å². The lowest BCUT2D eigenvalue weighted by molar-refractivity contribution is 0.170. The van der Waals surface area contributed by atoms with E-state index in [4.69, 9.17) is 4.74 Å². The second-order valence-corrected chi connectivity index (χ2v) is 4.43. The molecule has 1 aliphatic rings. The molecule has 16 heavy (non-hydrogen) atoms. The van der Waals surface area contributed by atoms with E-state index in [0.717, 1.165) is 36.1 Å². The largest absolute Gasteiger partial charge is 0.501 e. The topological polar surface area (TPSA) is 29.5 Å². The molecule has 0 amide bonds. The minimum atomic E-state index is -0.513. The molecule has 0 spiro atoms. The maximum absolute atomic E-state index is 10.3. The average molecular weight is 218 g/mol. The summed E-state index contributed by atoms with van der Waals surface area (Å²) in [5, 5.41) is 10.3. The highest BCUT2D eigenvalue weighted by atomic mass is 16.5. The lowest BCUT2D eigenvalue weighted by Crippen LogP contribution is -2.09. The van der Waals surface area contributed by atoms with Gasteiger partial charge in [-0.05, 0) is 43.4 Å². The second kappa shape index (κ2) is 4.71. The van der Waals surface area contributed by atoms with E-state index in [2.05, 4.69) is 13.0 Å². The molecule has 1 N–H and O–H groups in total. The molecular formula is C14H18O2. The fraction of sp³-hybridized carbons (Fsp3) is 0.429. The van der Waals surface area contributed by atoms with Crippen LogP contribution < -0.4 is 0 Å². The van der Waals surface area contributed by atoms with Crippen molar-refractivity contribution in [1.29, 1.82) is 0 Å². The molecule has 0 radical (unpaired) electrons. The van der Waals surface area contributed by atoms with Gasteiger partial charge in [0, 0.05) is 0 Å². The van der Waals surface area contributed by atoms with Crippen LogP contribution in [0.3, 0.4) is 0 Å². The minimum Gasteiger partial charge on any atom is -0.501 e. The first-order valence-electron chi connectivity index (χ1n) is 5.74. The fourth-order valence-electron chi connectivity index (χ4n) is 2.12. The molecule has 0 aliphatic carbocycles. The van der Waals surface area contributed by atoms with Gasteiger partial charge >= 0.3 is 0 Å². The van der Waals surface area contributed by atoms with Gasteiger partial charge in [0.1, 0.15) is 6.10 Å². The molecule has 1 atom stereocenters. The molecule has 2 nitrogen and oxygen atoms in total. The number of aryl methyl sites for hydroxylation is 2. The molecule has 1 aliphatic heterocycles. The van der Waals surface area contributed by atoms with Crippen LogP contribution in [-0.2, 0) is 4.74 Å². The van der Waals surface area contributed by atoms with Crippen LogP contribution >= 0.6 is 0 Å². The number of aliphatic hydroxyl groups excluding tert-OH is 1. The molecule has 0 saturated carbocycles. The van der Waals surface area contributed by atoms with Crippen molar-refractivity contribution in [3.05, 3.63) is 46.7 Å². The van der Waals surface area contributed by atoms with E-state index in [1.807, 2.05) is 19.1 Å². The van der Waals surface area contributed by atoms with Gasteiger partial charge in [-0.15, -0.1) is 0 Å². The highest BCUT2D eigenvalue weighted by Gasteiger charge is 2.17. The highest BCUT2D eigenvalue weighted by molar-refractivity contribution is 5.35. The van der Waals surface area contributed by atoms with E-state index in [1.165, 1.54) is 5.56 Å². The van der Waals surface area contributed by atoms with Gasteiger partial charge in [-0.25, -0.2) is 0 Å². The summed E-state index contributed by atoms with van der Waals surface area (Å²) >= 11 is 0. The van der Waals surface area contributed by atoms with Crippen LogP contribution in [0.1, 0.15) is 35.6 Å². The number of aliphatic hydroxyl groups is 1. The Bertz CT molecular complexity index is 407. The SMILES string of the molecule is Cc1ccc(C(O)C2=COCCC2)c(C)c1. The molecule has 0 fully saturated rings.